The maximum atomic E-state index is 8.98. The van der Waals surface area contributed by atoms with E-state index < -0.39 is 0 Å². The normalized spacial score (nSPS) is 11.9. The molecule has 3 nitrogen and oxygen atoms in total. The van der Waals surface area contributed by atoms with Crippen molar-refractivity contribution in [3.05, 3.63) is 28.2 Å². The van der Waals surface area contributed by atoms with Gasteiger partial charge in [-0.3, -0.25) is 0 Å². The Morgan fingerprint density at radius 1 is 1.56 bits per heavy atom. The van der Waals surface area contributed by atoms with E-state index in [0.29, 0.717) is 5.56 Å². The van der Waals surface area contributed by atoms with Crippen molar-refractivity contribution in [2.75, 3.05) is 11.9 Å². The summed E-state index contributed by atoms with van der Waals surface area (Å²) in [6, 6.07) is 7.99. The summed E-state index contributed by atoms with van der Waals surface area (Å²) in [7, 11) is 0. The molecule has 0 spiro atoms. The van der Waals surface area contributed by atoms with Crippen molar-refractivity contribution in [3.63, 3.8) is 0 Å². The molecule has 4 heteroatoms. The molecule has 1 rings (SSSR count). The zero-order chi connectivity index (χ0) is 12.0. The second-order valence-electron chi connectivity index (χ2n) is 3.71. The molecule has 1 atom stereocenters. The van der Waals surface area contributed by atoms with Crippen LogP contribution in [0.1, 0.15) is 25.3 Å². The summed E-state index contributed by atoms with van der Waals surface area (Å²) in [5, 5.41) is 21.0. The molecule has 0 amide bonds. The lowest BCUT2D eigenvalue weighted by Crippen LogP contribution is -2.16. The third-order valence-electron chi connectivity index (χ3n) is 2.30. The van der Waals surface area contributed by atoms with E-state index in [1.807, 2.05) is 19.1 Å². The fraction of sp³-hybridized carbons (Fsp3) is 0.417. The number of nitriles is 1. The number of benzene rings is 1. The first-order valence-corrected chi connectivity index (χ1v) is 6.03. The highest BCUT2D eigenvalue weighted by molar-refractivity contribution is 9.10. The molecule has 0 fully saturated rings. The highest BCUT2D eigenvalue weighted by Crippen LogP contribution is 2.21. The van der Waals surface area contributed by atoms with Crippen LogP contribution in [0.3, 0.4) is 0 Å². The molecule has 0 unspecified atom stereocenters. The van der Waals surface area contributed by atoms with Crippen LogP contribution in [0.5, 0.6) is 0 Å². The number of hydrogen-bond donors (Lipinski definition) is 2. The minimum atomic E-state index is 0.206. The summed E-state index contributed by atoms with van der Waals surface area (Å²) in [5.41, 5.74) is 1.47. The number of nitrogens with one attached hydrogen (secondary N) is 1. The van der Waals surface area contributed by atoms with E-state index in [9.17, 15) is 0 Å². The van der Waals surface area contributed by atoms with E-state index in [4.69, 9.17) is 10.4 Å². The van der Waals surface area contributed by atoms with Gasteiger partial charge in [0.25, 0.3) is 0 Å². The Kier molecular flexibility index (Phi) is 5.30. The zero-order valence-corrected chi connectivity index (χ0v) is 10.8. The Balaban J connectivity index is 2.70. The van der Waals surface area contributed by atoms with Gasteiger partial charge in [-0.2, -0.15) is 5.26 Å². The summed E-state index contributed by atoms with van der Waals surface area (Å²) in [5.74, 6) is 0. The molecule has 0 heterocycles. The van der Waals surface area contributed by atoms with E-state index in [0.717, 1.165) is 23.0 Å². The monoisotopic (exact) mass is 282 g/mol. The van der Waals surface area contributed by atoms with Crippen LogP contribution in [0.25, 0.3) is 0 Å². The molecule has 2 N–H and O–H groups in total. The number of anilines is 1. The maximum Gasteiger partial charge on any atom is 0.101 e. The lowest BCUT2D eigenvalue weighted by molar-refractivity contribution is 0.282. The van der Waals surface area contributed by atoms with Crippen molar-refractivity contribution < 1.29 is 5.11 Å². The first-order chi connectivity index (χ1) is 7.67. The maximum absolute atomic E-state index is 8.98. The predicted molar refractivity (Wildman–Crippen MR) is 68.3 cm³/mol. The zero-order valence-electron chi connectivity index (χ0n) is 9.20. The third-order valence-corrected chi connectivity index (χ3v) is 2.79. The van der Waals surface area contributed by atoms with Crippen molar-refractivity contribution in [1.82, 2.24) is 0 Å². The molecule has 0 aromatic heterocycles. The average molecular weight is 283 g/mol. The van der Waals surface area contributed by atoms with E-state index in [2.05, 4.69) is 27.3 Å². The fourth-order valence-electron chi connectivity index (χ4n) is 1.47. The van der Waals surface area contributed by atoms with Gasteiger partial charge in [0.05, 0.1) is 11.3 Å². The van der Waals surface area contributed by atoms with Crippen LogP contribution in [0.15, 0.2) is 22.7 Å². The van der Waals surface area contributed by atoms with Gasteiger partial charge < -0.3 is 10.4 Å². The molecule has 0 aliphatic rings. The Bertz CT molecular complexity index is 387. The Labute approximate surface area is 104 Å². The molecular formula is C12H15BrN2O. The van der Waals surface area contributed by atoms with Crippen molar-refractivity contribution in [1.29, 1.82) is 5.26 Å². The van der Waals surface area contributed by atoms with Gasteiger partial charge in [-0.25, -0.2) is 0 Å². The van der Waals surface area contributed by atoms with Crippen LogP contribution in [-0.2, 0) is 0 Å². The van der Waals surface area contributed by atoms with Crippen LogP contribution in [0.4, 0.5) is 5.69 Å². The SMILES string of the molecule is C[C@@H](CCCO)Nc1ccc(Br)cc1C#N. The minimum absolute atomic E-state index is 0.206. The Morgan fingerprint density at radius 3 is 2.94 bits per heavy atom. The van der Waals surface area contributed by atoms with Gasteiger partial charge in [0.1, 0.15) is 6.07 Å². The molecule has 0 saturated heterocycles. The Hall–Kier alpha value is -1.05. The molecule has 1 aromatic rings. The van der Waals surface area contributed by atoms with Crippen molar-refractivity contribution in [2.45, 2.75) is 25.8 Å². The molecule has 86 valence electrons. The number of halogens is 1. The highest BCUT2D eigenvalue weighted by Gasteiger charge is 2.06. The second kappa shape index (κ2) is 6.51. The van der Waals surface area contributed by atoms with E-state index in [1.54, 1.807) is 6.07 Å². The highest BCUT2D eigenvalue weighted by atomic mass is 79.9. The van der Waals surface area contributed by atoms with E-state index >= 15 is 0 Å². The summed E-state index contributed by atoms with van der Waals surface area (Å²) >= 11 is 3.33. The number of rotatable bonds is 5. The lowest BCUT2D eigenvalue weighted by Gasteiger charge is -2.15. The van der Waals surface area contributed by atoms with Crippen LogP contribution in [0.2, 0.25) is 0 Å². The van der Waals surface area contributed by atoms with Gasteiger partial charge in [-0.15, -0.1) is 0 Å². The summed E-state index contributed by atoms with van der Waals surface area (Å²) in [6.07, 6.45) is 1.66. The van der Waals surface area contributed by atoms with Gasteiger partial charge in [0, 0.05) is 17.1 Å². The van der Waals surface area contributed by atoms with Crippen LogP contribution in [0, 0.1) is 11.3 Å². The van der Waals surface area contributed by atoms with Crippen LogP contribution in [-0.4, -0.2) is 17.8 Å². The van der Waals surface area contributed by atoms with Gasteiger partial charge in [0.2, 0.25) is 0 Å². The largest absolute Gasteiger partial charge is 0.396 e. The quantitative estimate of drug-likeness (QED) is 0.873. The molecule has 0 saturated carbocycles. The predicted octanol–water partition coefficient (Wildman–Crippen LogP) is 2.89. The topological polar surface area (TPSA) is 56.0 Å². The van der Waals surface area contributed by atoms with Gasteiger partial charge >= 0.3 is 0 Å². The third kappa shape index (κ3) is 3.84. The standard InChI is InChI=1S/C12H15BrN2O/c1-9(3-2-6-16)15-12-5-4-11(13)7-10(12)8-14/h4-5,7,9,15-16H,2-3,6H2,1H3/t9-/m0/s1. The second-order valence-corrected chi connectivity index (χ2v) is 4.63. The fourth-order valence-corrected chi connectivity index (χ4v) is 1.83. The average Bonchev–Trinajstić information content (AvgIpc) is 2.28. The minimum Gasteiger partial charge on any atom is -0.396 e. The molecular weight excluding hydrogens is 268 g/mol. The number of hydrogen-bond acceptors (Lipinski definition) is 3. The first kappa shape index (κ1) is 13.0. The first-order valence-electron chi connectivity index (χ1n) is 5.24. The molecule has 16 heavy (non-hydrogen) atoms. The smallest absolute Gasteiger partial charge is 0.101 e. The van der Waals surface area contributed by atoms with Crippen LogP contribution < -0.4 is 5.32 Å². The summed E-state index contributed by atoms with van der Waals surface area (Å²) in [6.45, 7) is 2.25. The van der Waals surface area contributed by atoms with Crippen LogP contribution >= 0.6 is 15.9 Å². The number of nitrogens with zero attached hydrogens (tertiary/aromatic N) is 1. The summed E-state index contributed by atoms with van der Waals surface area (Å²) in [4.78, 5) is 0. The van der Waals surface area contributed by atoms with Crippen molar-refractivity contribution >= 4 is 21.6 Å². The van der Waals surface area contributed by atoms with Crippen molar-refractivity contribution in [3.8, 4) is 6.07 Å². The van der Waals surface area contributed by atoms with Gasteiger partial charge in [0.15, 0.2) is 0 Å². The summed E-state index contributed by atoms with van der Waals surface area (Å²) < 4.78 is 0.901. The van der Waals surface area contributed by atoms with Crippen molar-refractivity contribution in [2.24, 2.45) is 0 Å². The van der Waals surface area contributed by atoms with E-state index in [-0.39, 0.29) is 12.6 Å². The molecule has 0 aliphatic carbocycles. The molecule has 0 aliphatic heterocycles. The lowest BCUT2D eigenvalue weighted by atomic mass is 10.1. The number of aliphatic hydroxyl groups is 1. The number of aliphatic hydroxyl groups excluding tert-OH is 1. The van der Waals surface area contributed by atoms with Gasteiger partial charge in [-0.1, -0.05) is 15.9 Å². The van der Waals surface area contributed by atoms with E-state index in [1.165, 1.54) is 0 Å². The molecule has 1 aromatic carbocycles. The molecule has 0 radical (unpaired) electrons. The molecule has 0 bridgehead atoms. The Morgan fingerprint density at radius 2 is 2.31 bits per heavy atom. The van der Waals surface area contributed by atoms with Gasteiger partial charge in [-0.05, 0) is 38.0 Å².